The highest BCUT2D eigenvalue weighted by molar-refractivity contribution is 7.80. The molecule has 1 heterocycles. The number of aromatic hydroxyl groups is 2. The maximum absolute atomic E-state index is 13.2. The summed E-state index contributed by atoms with van der Waals surface area (Å²) in [5, 5.41) is 33.6. The van der Waals surface area contributed by atoms with Crippen LogP contribution >= 0.6 is 12.6 Å². The molecule has 1 atom stereocenters. The molecule has 1 saturated carbocycles. The number of thiol groups is 1. The highest BCUT2D eigenvalue weighted by Crippen LogP contribution is 2.50. The Bertz CT molecular complexity index is 1210. The number of nitrogens with one attached hydrogen (secondary N) is 1. The average Bonchev–Trinajstić information content (AvgIpc) is 3.56. The number of aliphatic hydroxyl groups is 1. The second kappa shape index (κ2) is 9.19. The fourth-order valence-electron chi connectivity index (χ4n) is 4.60. The number of carbonyl (C=O) groups excluding carboxylic acids is 1. The number of benzene rings is 2. The van der Waals surface area contributed by atoms with E-state index in [2.05, 4.69) is 35.5 Å². The molecule has 0 spiro atoms. The Hall–Kier alpha value is -2.64. The van der Waals surface area contributed by atoms with E-state index in [0.717, 1.165) is 35.3 Å². The summed E-state index contributed by atoms with van der Waals surface area (Å²) >= 11 is 4.52. The van der Waals surface area contributed by atoms with Crippen LogP contribution in [0.15, 0.2) is 42.5 Å². The number of hydrogen-bond acceptors (Lipinski definition) is 5. The maximum atomic E-state index is 13.2. The van der Waals surface area contributed by atoms with Crippen molar-refractivity contribution in [2.75, 3.05) is 17.7 Å². The monoisotopic (exact) mass is 482 g/mol. The van der Waals surface area contributed by atoms with Gasteiger partial charge in [0, 0.05) is 34.2 Å². The van der Waals surface area contributed by atoms with E-state index >= 15 is 0 Å². The Morgan fingerprint density at radius 2 is 1.88 bits per heavy atom. The molecule has 2 aromatic carbocycles. The molecule has 0 aliphatic heterocycles. The van der Waals surface area contributed by atoms with Crippen LogP contribution in [0, 0.1) is 5.92 Å². The number of aromatic nitrogens is 1. The van der Waals surface area contributed by atoms with E-state index < -0.39 is 10.8 Å². The molecule has 0 radical (unpaired) electrons. The number of hydrogen-bond donors (Lipinski definition) is 5. The lowest BCUT2D eigenvalue weighted by molar-refractivity contribution is -0.118. The lowest BCUT2D eigenvalue weighted by atomic mass is 9.90. The van der Waals surface area contributed by atoms with Gasteiger partial charge < -0.3 is 25.2 Å². The predicted molar refractivity (Wildman–Crippen MR) is 139 cm³/mol. The molecule has 4 N–H and O–H groups in total. The van der Waals surface area contributed by atoms with Crippen LogP contribution in [0.5, 0.6) is 11.5 Å². The first kappa shape index (κ1) is 24.5. The number of phenolic OH excluding ortho intramolecular Hbond substituents is 2. The molecular formula is C27H34N2O4S. The van der Waals surface area contributed by atoms with Crippen LogP contribution in [0.4, 0.5) is 5.69 Å². The van der Waals surface area contributed by atoms with E-state index in [1.54, 1.807) is 6.07 Å². The minimum Gasteiger partial charge on any atom is -0.504 e. The molecule has 1 aliphatic rings. The van der Waals surface area contributed by atoms with Gasteiger partial charge in [-0.25, -0.2) is 0 Å². The van der Waals surface area contributed by atoms with Crippen LogP contribution in [0.25, 0.3) is 10.9 Å². The molecule has 1 aliphatic carbocycles. The molecule has 34 heavy (non-hydrogen) atoms. The van der Waals surface area contributed by atoms with E-state index in [9.17, 15) is 20.1 Å². The first-order valence-corrected chi connectivity index (χ1v) is 12.5. The molecule has 182 valence electrons. The highest BCUT2D eigenvalue weighted by Gasteiger charge is 2.51. The van der Waals surface area contributed by atoms with Crippen LogP contribution < -0.4 is 5.32 Å². The van der Waals surface area contributed by atoms with E-state index in [1.807, 2.05) is 32.0 Å². The molecule has 1 fully saturated rings. The third kappa shape index (κ3) is 4.39. The molecule has 0 saturated heterocycles. The van der Waals surface area contributed by atoms with Crippen molar-refractivity contribution < 1.29 is 20.1 Å². The van der Waals surface area contributed by atoms with Gasteiger partial charge >= 0.3 is 0 Å². The molecule has 4 rings (SSSR count). The predicted octanol–water partition coefficient (Wildman–Crippen LogP) is 4.95. The summed E-state index contributed by atoms with van der Waals surface area (Å²) in [7, 11) is 0. The molecule has 3 aromatic rings. The summed E-state index contributed by atoms with van der Waals surface area (Å²) in [6.45, 7) is 7.09. The summed E-state index contributed by atoms with van der Waals surface area (Å²) < 4.78 is 2.28. The molecule has 7 heteroatoms. The van der Waals surface area contributed by atoms with E-state index in [0.29, 0.717) is 30.0 Å². The van der Waals surface area contributed by atoms with Gasteiger partial charge in [0.15, 0.2) is 11.5 Å². The normalized spacial score (nSPS) is 15.9. The van der Waals surface area contributed by atoms with Crippen molar-refractivity contribution in [2.24, 2.45) is 5.92 Å². The second-order valence-electron chi connectivity index (χ2n) is 10.2. The first-order valence-electron chi connectivity index (χ1n) is 11.8. The van der Waals surface area contributed by atoms with Gasteiger partial charge in [-0.2, -0.15) is 12.6 Å². The molecule has 0 bridgehead atoms. The van der Waals surface area contributed by atoms with Crippen molar-refractivity contribution in [3.63, 3.8) is 0 Å². The third-order valence-corrected chi connectivity index (χ3v) is 7.75. The number of aliphatic hydroxyl groups excluding tert-OH is 1. The number of phenols is 2. The zero-order valence-corrected chi connectivity index (χ0v) is 20.9. The first-order chi connectivity index (χ1) is 16.1. The summed E-state index contributed by atoms with van der Waals surface area (Å²) in [5.41, 5.74) is 2.45. The zero-order chi connectivity index (χ0) is 24.7. The van der Waals surface area contributed by atoms with Crippen LogP contribution in [0.1, 0.15) is 51.3 Å². The number of rotatable bonds is 9. The summed E-state index contributed by atoms with van der Waals surface area (Å²) in [6.07, 6.45) is 2.41. The lowest BCUT2D eigenvalue weighted by Gasteiger charge is -2.26. The summed E-state index contributed by atoms with van der Waals surface area (Å²) in [4.78, 5) is 13.2. The van der Waals surface area contributed by atoms with Gasteiger partial charge in [0.25, 0.3) is 0 Å². The van der Waals surface area contributed by atoms with Crippen molar-refractivity contribution in [1.29, 1.82) is 0 Å². The van der Waals surface area contributed by atoms with Gasteiger partial charge in [-0.05, 0) is 66.5 Å². The van der Waals surface area contributed by atoms with Gasteiger partial charge in [0.1, 0.15) is 0 Å². The van der Waals surface area contributed by atoms with Gasteiger partial charge in [0.2, 0.25) is 5.91 Å². The Morgan fingerprint density at radius 3 is 2.47 bits per heavy atom. The number of nitrogens with zero attached hydrogens (tertiary/aromatic N) is 1. The smallest absolute Gasteiger partial charge is 0.235 e. The fraction of sp³-hybridized carbons (Fsp3) is 0.444. The van der Waals surface area contributed by atoms with E-state index in [1.165, 1.54) is 12.1 Å². The molecule has 1 amide bonds. The number of fused-ring (bicyclic) bond motifs is 1. The highest BCUT2D eigenvalue weighted by atomic mass is 32.1. The third-order valence-electron chi connectivity index (χ3n) is 7.24. The molecule has 6 nitrogen and oxygen atoms in total. The maximum Gasteiger partial charge on any atom is 0.235 e. The Morgan fingerprint density at radius 1 is 1.15 bits per heavy atom. The lowest BCUT2D eigenvalue weighted by Crippen LogP contribution is -2.27. The quantitative estimate of drug-likeness (QED) is 0.220. The largest absolute Gasteiger partial charge is 0.504 e. The van der Waals surface area contributed by atoms with Crippen LogP contribution in [0.2, 0.25) is 0 Å². The standard InChI is InChI=1S/C27H34N2O4S/c1-4-17(15-34)14-29-21-7-6-20(11-18(21)12-24(29)26(2,3)16-30)28-25(33)27(9-10-27)19-5-8-22(31)23(32)13-19/h5-8,11-13,17,30-32,34H,4,9-10,14-16H2,1-3H3,(H,28,33)/t17-/m1/s1. The number of carbonyl (C=O) groups is 1. The van der Waals surface area contributed by atoms with Gasteiger partial charge in [-0.3, -0.25) is 4.79 Å². The zero-order valence-electron chi connectivity index (χ0n) is 20.0. The van der Waals surface area contributed by atoms with Crippen molar-refractivity contribution in [3.8, 4) is 11.5 Å². The van der Waals surface area contributed by atoms with Crippen LogP contribution in [-0.4, -0.2) is 38.2 Å². The summed E-state index contributed by atoms with van der Waals surface area (Å²) in [6, 6.07) is 12.6. The van der Waals surface area contributed by atoms with Gasteiger partial charge in [0.05, 0.1) is 12.0 Å². The fourth-order valence-corrected chi connectivity index (χ4v) is 4.98. The number of amides is 1. The Balaban J connectivity index is 1.66. The molecular weight excluding hydrogens is 448 g/mol. The minimum absolute atomic E-state index is 0.0343. The van der Waals surface area contributed by atoms with Gasteiger partial charge in [-0.15, -0.1) is 0 Å². The Kier molecular flexibility index (Phi) is 6.62. The molecule has 0 unspecified atom stereocenters. The van der Waals surface area contributed by atoms with E-state index in [4.69, 9.17) is 0 Å². The average molecular weight is 483 g/mol. The topological polar surface area (TPSA) is 94.7 Å². The SMILES string of the molecule is CC[C@@H](CS)Cn1c(C(C)(C)CO)cc2cc(NC(=O)C3(c4ccc(O)c(O)c4)CC3)ccc21. The summed E-state index contributed by atoms with van der Waals surface area (Å²) in [5.74, 6) is 0.680. The van der Waals surface area contributed by atoms with E-state index in [-0.39, 0.29) is 24.0 Å². The van der Waals surface area contributed by atoms with Crippen molar-refractivity contribution in [3.05, 3.63) is 53.7 Å². The molecule has 1 aromatic heterocycles. The van der Waals surface area contributed by atoms with Crippen LogP contribution in [0.3, 0.4) is 0 Å². The van der Waals surface area contributed by atoms with Crippen molar-refractivity contribution in [1.82, 2.24) is 4.57 Å². The van der Waals surface area contributed by atoms with Crippen molar-refractivity contribution >= 4 is 35.1 Å². The minimum atomic E-state index is -0.684. The van der Waals surface area contributed by atoms with Crippen molar-refractivity contribution in [2.45, 2.75) is 57.4 Å². The van der Waals surface area contributed by atoms with Gasteiger partial charge in [-0.1, -0.05) is 33.3 Å². The number of anilines is 1. The second-order valence-corrected chi connectivity index (χ2v) is 10.5. The van der Waals surface area contributed by atoms with Crippen LogP contribution in [-0.2, 0) is 22.2 Å². The Labute approximate surface area is 206 Å².